The van der Waals surface area contributed by atoms with Crippen LogP contribution in [0.1, 0.15) is 30.0 Å². The topological polar surface area (TPSA) is 70.2 Å². The molecule has 0 saturated carbocycles. The largest absolute Gasteiger partial charge is 0.378 e. The first kappa shape index (κ1) is 16.7. The fourth-order valence-electron chi connectivity index (χ4n) is 2.05. The summed E-state index contributed by atoms with van der Waals surface area (Å²) >= 11 is 0. The van der Waals surface area contributed by atoms with Gasteiger partial charge in [0, 0.05) is 37.2 Å². The average Bonchev–Trinajstić information content (AvgIpc) is 2.46. The highest BCUT2D eigenvalue weighted by atomic mass is 16.1. The molecule has 122 valence electrons. The molecule has 1 aromatic heterocycles. The molecular formula is C17H23N5O. The summed E-state index contributed by atoms with van der Waals surface area (Å²) in [6, 6.07) is 9.66. The van der Waals surface area contributed by atoms with Crippen LogP contribution in [0.3, 0.4) is 0 Å². The maximum absolute atomic E-state index is 12.1. The Balaban J connectivity index is 2.19. The van der Waals surface area contributed by atoms with Crippen LogP contribution in [0.4, 0.5) is 17.3 Å². The van der Waals surface area contributed by atoms with Crippen LogP contribution < -0.4 is 15.5 Å². The predicted octanol–water partition coefficient (Wildman–Crippen LogP) is 2.73. The molecule has 2 aromatic rings. The predicted molar refractivity (Wildman–Crippen MR) is 93.4 cm³/mol. The van der Waals surface area contributed by atoms with Crippen molar-refractivity contribution in [2.45, 2.75) is 26.8 Å². The number of nitrogens with one attached hydrogen (secondary N) is 2. The average molecular weight is 313 g/mol. The lowest BCUT2D eigenvalue weighted by Crippen LogP contribution is -2.31. The normalized spacial score (nSPS) is 10.5. The van der Waals surface area contributed by atoms with Gasteiger partial charge in [0.1, 0.15) is 5.69 Å². The zero-order valence-corrected chi connectivity index (χ0v) is 14.2. The second-order valence-electron chi connectivity index (χ2n) is 5.91. The molecule has 0 unspecified atom stereocenters. The van der Waals surface area contributed by atoms with Gasteiger partial charge in [-0.3, -0.25) is 4.79 Å². The SMILES string of the molecule is Cc1cc(C(=O)NC(C)C)nc(Nc2ccc(N(C)C)cc2)n1. The first-order chi connectivity index (χ1) is 10.8. The third kappa shape index (κ3) is 4.67. The summed E-state index contributed by atoms with van der Waals surface area (Å²) in [5.41, 5.74) is 3.08. The van der Waals surface area contributed by atoms with E-state index in [0.717, 1.165) is 17.1 Å². The molecule has 2 rings (SSSR count). The van der Waals surface area contributed by atoms with Crippen LogP contribution in [-0.2, 0) is 0 Å². The Kier molecular flexibility index (Phi) is 5.16. The molecule has 0 aliphatic heterocycles. The highest BCUT2D eigenvalue weighted by Crippen LogP contribution is 2.18. The van der Waals surface area contributed by atoms with Crippen LogP contribution >= 0.6 is 0 Å². The Bertz CT molecular complexity index is 680. The van der Waals surface area contributed by atoms with Gasteiger partial charge in [0.15, 0.2) is 0 Å². The maximum atomic E-state index is 12.1. The molecule has 0 bridgehead atoms. The Hall–Kier alpha value is -2.63. The molecular weight excluding hydrogens is 290 g/mol. The number of hydrogen-bond donors (Lipinski definition) is 2. The molecule has 0 radical (unpaired) electrons. The Labute approximate surface area is 137 Å². The minimum Gasteiger partial charge on any atom is -0.378 e. The van der Waals surface area contributed by atoms with Gasteiger partial charge in [-0.1, -0.05) is 0 Å². The number of amides is 1. The molecule has 1 heterocycles. The summed E-state index contributed by atoms with van der Waals surface area (Å²) in [4.78, 5) is 22.8. The van der Waals surface area contributed by atoms with Crippen molar-refractivity contribution in [2.75, 3.05) is 24.3 Å². The van der Waals surface area contributed by atoms with E-state index in [1.54, 1.807) is 6.07 Å². The zero-order valence-electron chi connectivity index (χ0n) is 14.2. The summed E-state index contributed by atoms with van der Waals surface area (Å²) in [6.45, 7) is 5.67. The smallest absolute Gasteiger partial charge is 0.270 e. The van der Waals surface area contributed by atoms with Gasteiger partial charge >= 0.3 is 0 Å². The summed E-state index contributed by atoms with van der Waals surface area (Å²) in [5, 5.41) is 5.97. The lowest BCUT2D eigenvalue weighted by Gasteiger charge is -2.13. The van der Waals surface area contributed by atoms with Gasteiger partial charge in [0.05, 0.1) is 0 Å². The van der Waals surface area contributed by atoms with E-state index < -0.39 is 0 Å². The number of rotatable bonds is 5. The van der Waals surface area contributed by atoms with Gasteiger partial charge < -0.3 is 15.5 Å². The van der Waals surface area contributed by atoms with Crippen LogP contribution in [0.5, 0.6) is 0 Å². The highest BCUT2D eigenvalue weighted by molar-refractivity contribution is 5.92. The standard InChI is InChI=1S/C17H23N5O/c1-11(2)18-16(23)15-10-12(3)19-17(21-15)20-13-6-8-14(9-7-13)22(4)5/h6-11H,1-5H3,(H,18,23)(H,19,20,21). The van der Waals surface area contributed by atoms with Crippen LogP contribution in [0.25, 0.3) is 0 Å². The Morgan fingerprint density at radius 1 is 1.13 bits per heavy atom. The molecule has 6 nitrogen and oxygen atoms in total. The Morgan fingerprint density at radius 2 is 1.78 bits per heavy atom. The second-order valence-corrected chi connectivity index (χ2v) is 5.91. The zero-order chi connectivity index (χ0) is 17.0. The molecule has 23 heavy (non-hydrogen) atoms. The van der Waals surface area contributed by atoms with E-state index in [0.29, 0.717) is 11.6 Å². The number of benzene rings is 1. The van der Waals surface area contributed by atoms with Crippen LogP contribution in [0, 0.1) is 6.92 Å². The number of nitrogens with zero attached hydrogens (tertiary/aromatic N) is 3. The lowest BCUT2D eigenvalue weighted by atomic mass is 10.2. The van der Waals surface area contributed by atoms with Crippen molar-refractivity contribution in [3.63, 3.8) is 0 Å². The van der Waals surface area contributed by atoms with Gasteiger partial charge in [-0.2, -0.15) is 0 Å². The van der Waals surface area contributed by atoms with Crippen molar-refractivity contribution in [3.8, 4) is 0 Å². The van der Waals surface area contributed by atoms with Crippen molar-refractivity contribution in [2.24, 2.45) is 0 Å². The van der Waals surface area contributed by atoms with Crippen LogP contribution in [-0.4, -0.2) is 36.0 Å². The van der Waals surface area contributed by atoms with Gasteiger partial charge in [-0.15, -0.1) is 0 Å². The van der Waals surface area contributed by atoms with Crippen molar-refractivity contribution >= 4 is 23.2 Å². The molecule has 2 N–H and O–H groups in total. The van der Waals surface area contributed by atoms with Crippen LogP contribution in [0.15, 0.2) is 30.3 Å². The number of aromatic nitrogens is 2. The second kappa shape index (κ2) is 7.09. The molecule has 0 saturated heterocycles. The summed E-state index contributed by atoms with van der Waals surface area (Å²) in [5.74, 6) is 0.216. The van der Waals surface area contributed by atoms with E-state index in [1.165, 1.54) is 0 Å². The molecule has 0 aliphatic carbocycles. The first-order valence-electron chi connectivity index (χ1n) is 7.56. The van der Waals surface area contributed by atoms with Gasteiger partial charge in [-0.25, -0.2) is 9.97 Å². The van der Waals surface area contributed by atoms with E-state index in [9.17, 15) is 4.79 Å². The number of anilines is 3. The third-order valence-corrected chi connectivity index (χ3v) is 3.15. The van der Waals surface area contributed by atoms with Crippen molar-refractivity contribution in [1.82, 2.24) is 15.3 Å². The fourth-order valence-corrected chi connectivity index (χ4v) is 2.05. The molecule has 0 aliphatic rings. The molecule has 1 amide bonds. The fraction of sp³-hybridized carbons (Fsp3) is 0.353. The molecule has 0 spiro atoms. The van der Waals surface area contributed by atoms with Gasteiger partial charge in [0.2, 0.25) is 5.95 Å². The number of carbonyl (C=O) groups is 1. The van der Waals surface area contributed by atoms with Gasteiger partial charge in [-0.05, 0) is 51.1 Å². The van der Waals surface area contributed by atoms with Crippen molar-refractivity contribution in [1.29, 1.82) is 0 Å². The third-order valence-electron chi connectivity index (χ3n) is 3.15. The molecule has 6 heteroatoms. The monoisotopic (exact) mass is 313 g/mol. The summed E-state index contributed by atoms with van der Waals surface area (Å²) < 4.78 is 0. The Morgan fingerprint density at radius 3 is 2.35 bits per heavy atom. The molecule has 1 aromatic carbocycles. The number of hydrogen-bond acceptors (Lipinski definition) is 5. The van der Waals surface area contributed by atoms with E-state index >= 15 is 0 Å². The quantitative estimate of drug-likeness (QED) is 0.888. The minimum absolute atomic E-state index is 0.0627. The minimum atomic E-state index is -0.198. The summed E-state index contributed by atoms with van der Waals surface area (Å²) in [7, 11) is 3.98. The van der Waals surface area contributed by atoms with E-state index in [-0.39, 0.29) is 11.9 Å². The van der Waals surface area contributed by atoms with Crippen molar-refractivity contribution in [3.05, 3.63) is 41.7 Å². The van der Waals surface area contributed by atoms with Gasteiger partial charge in [0.25, 0.3) is 5.91 Å². The number of aryl methyl sites for hydroxylation is 1. The number of carbonyl (C=O) groups excluding carboxylic acids is 1. The molecule has 0 atom stereocenters. The lowest BCUT2D eigenvalue weighted by molar-refractivity contribution is 0.0938. The summed E-state index contributed by atoms with van der Waals surface area (Å²) in [6.07, 6.45) is 0. The van der Waals surface area contributed by atoms with E-state index in [1.807, 2.05) is 64.0 Å². The maximum Gasteiger partial charge on any atom is 0.270 e. The first-order valence-corrected chi connectivity index (χ1v) is 7.56. The highest BCUT2D eigenvalue weighted by Gasteiger charge is 2.11. The van der Waals surface area contributed by atoms with E-state index in [2.05, 4.69) is 20.6 Å². The molecule has 0 fully saturated rings. The van der Waals surface area contributed by atoms with Crippen LogP contribution in [0.2, 0.25) is 0 Å². The van der Waals surface area contributed by atoms with Crippen molar-refractivity contribution < 1.29 is 4.79 Å². The van der Waals surface area contributed by atoms with E-state index in [4.69, 9.17) is 0 Å².